The molecule has 2 heteroatoms. The second-order valence-corrected chi connectivity index (χ2v) is 5.39. The van der Waals surface area contributed by atoms with Gasteiger partial charge in [0.15, 0.2) is 0 Å². The van der Waals surface area contributed by atoms with Gasteiger partial charge >= 0.3 is 0 Å². The van der Waals surface area contributed by atoms with E-state index in [4.69, 9.17) is 11.6 Å². The third-order valence-electron chi connectivity index (χ3n) is 3.56. The van der Waals surface area contributed by atoms with E-state index in [0.29, 0.717) is 5.88 Å². The number of hydrogen-bond acceptors (Lipinski definition) is 1. The van der Waals surface area contributed by atoms with E-state index in [1.165, 1.54) is 43.5 Å². The molecule has 1 nitrogen and oxygen atoms in total. The molecule has 0 radical (unpaired) electrons. The summed E-state index contributed by atoms with van der Waals surface area (Å²) in [5.41, 5.74) is 2.61. The van der Waals surface area contributed by atoms with Crippen LogP contribution in [0.15, 0.2) is 24.3 Å². The first-order chi connectivity index (χ1) is 7.86. The average Bonchev–Trinajstić information content (AvgIpc) is 3.16. The highest BCUT2D eigenvalue weighted by molar-refractivity contribution is 6.17. The van der Waals surface area contributed by atoms with Crippen molar-refractivity contribution in [3.63, 3.8) is 0 Å². The van der Waals surface area contributed by atoms with Gasteiger partial charge in [0.1, 0.15) is 0 Å². The molecule has 3 rings (SSSR count). The first-order valence-corrected chi connectivity index (χ1v) is 6.82. The third-order valence-corrected chi connectivity index (χ3v) is 3.87. The average molecular weight is 236 g/mol. The highest BCUT2D eigenvalue weighted by Crippen LogP contribution is 2.37. The quantitative estimate of drug-likeness (QED) is 0.702. The molecule has 2 saturated carbocycles. The first kappa shape index (κ1) is 10.5. The van der Waals surface area contributed by atoms with Crippen molar-refractivity contribution in [2.75, 3.05) is 11.4 Å². The highest BCUT2D eigenvalue weighted by Gasteiger charge is 2.33. The predicted molar refractivity (Wildman–Crippen MR) is 69.1 cm³/mol. The molecule has 0 heterocycles. The van der Waals surface area contributed by atoms with Crippen molar-refractivity contribution >= 4 is 17.3 Å². The molecule has 0 spiro atoms. The summed E-state index contributed by atoms with van der Waals surface area (Å²) in [5.74, 6) is 1.58. The zero-order valence-corrected chi connectivity index (χ0v) is 10.3. The van der Waals surface area contributed by atoms with Crippen molar-refractivity contribution < 1.29 is 0 Å². The molecular weight excluding hydrogens is 218 g/mol. The number of nitrogens with zero attached hydrogens (tertiary/aromatic N) is 1. The van der Waals surface area contributed by atoms with E-state index in [-0.39, 0.29) is 0 Å². The van der Waals surface area contributed by atoms with Gasteiger partial charge in [-0.15, -0.1) is 11.6 Å². The minimum atomic E-state index is 0.617. The van der Waals surface area contributed by atoms with Gasteiger partial charge in [-0.05, 0) is 49.3 Å². The Kier molecular flexibility index (Phi) is 2.81. The van der Waals surface area contributed by atoms with Gasteiger partial charge < -0.3 is 4.90 Å². The summed E-state index contributed by atoms with van der Waals surface area (Å²) in [7, 11) is 0. The fourth-order valence-corrected chi connectivity index (χ4v) is 2.38. The Balaban J connectivity index is 1.74. The van der Waals surface area contributed by atoms with Crippen LogP contribution in [0, 0.1) is 5.92 Å². The number of halogens is 1. The summed E-state index contributed by atoms with van der Waals surface area (Å²) in [6, 6.07) is 9.61. The van der Waals surface area contributed by atoms with E-state index in [2.05, 4.69) is 29.2 Å². The Morgan fingerprint density at radius 2 is 1.75 bits per heavy atom. The maximum Gasteiger partial charge on any atom is 0.0474 e. The van der Waals surface area contributed by atoms with E-state index in [9.17, 15) is 0 Å². The molecule has 2 fully saturated rings. The van der Waals surface area contributed by atoms with Crippen LogP contribution in [0.1, 0.15) is 31.2 Å². The monoisotopic (exact) mass is 235 g/mol. The van der Waals surface area contributed by atoms with Crippen molar-refractivity contribution in [2.24, 2.45) is 5.92 Å². The minimum Gasteiger partial charge on any atom is -0.368 e. The number of hydrogen-bond donors (Lipinski definition) is 0. The van der Waals surface area contributed by atoms with E-state index < -0.39 is 0 Å². The second-order valence-electron chi connectivity index (χ2n) is 5.13. The van der Waals surface area contributed by atoms with Gasteiger partial charge in [-0.3, -0.25) is 0 Å². The maximum atomic E-state index is 5.81. The molecule has 0 unspecified atom stereocenters. The molecule has 0 aliphatic heterocycles. The lowest BCUT2D eigenvalue weighted by Crippen LogP contribution is -2.27. The van der Waals surface area contributed by atoms with Crippen molar-refractivity contribution in [3.8, 4) is 0 Å². The molecule has 0 aromatic heterocycles. The van der Waals surface area contributed by atoms with Gasteiger partial charge in [-0.1, -0.05) is 12.1 Å². The van der Waals surface area contributed by atoms with Crippen LogP contribution < -0.4 is 4.90 Å². The van der Waals surface area contributed by atoms with E-state index in [1.54, 1.807) is 0 Å². The van der Waals surface area contributed by atoms with Crippen LogP contribution in [0.4, 0.5) is 5.69 Å². The van der Waals surface area contributed by atoms with Crippen molar-refractivity contribution in [1.29, 1.82) is 0 Å². The minimum absolute atomic E-state index is 0.617. The predicted octanol–water partition coefficient (Wildman–Crippen LogP) is 3.80. The Morgan fingerprint density at radius 1 is 1.06 bits per heavy atom. The van der Waals surface area contributed by atoms with E-state index in [0.717, 1.165) is 12.0 Å². The largest absolute Gasteiger partial charge is 0.368 e. The Morgan fingerprint density at radius 3 is 2.25 bits per heavy atom. The van der Waals surface area contributed by atoms with Crippen molar-refractivity contribution in [3.05, 3.63) is 29.8 Å². The Hall–Kier alpha value is -0.690. The van der Waals surface area contributed by atoms with Crippen LogP contribution in [0.3, 0.4) is 0 Å². The lowest BCUT2D eigenvalue weighted by atomic mass is 10.2. The zero-order chi connectivity index (χ0) is 11.0. The maximum absolute atomic E-state index is 5.81. The van der Waals surface area contributed by atoms with Crippen LogP contribution in [0.25, 0.3) is 0 Å². The molecule has 0 amide bonds. The van der Waals surface area contributed by atoms with E-state index in [1.807, 2.05) is 0 Å². The topological polar surface area (TPSA) is 3.24 Å². The lowest BCUT2D eigenvalue weighted by Gasteiger charge is -2.24. The van der Waals surface area contributed by atoms with Gasteiger partial charge in [0, 0.05) is 24.2 Å². The lowest BCUT2D eigenvalue weighted by molar-refractivity contribution is 0.719. The number of alkyl halides is 1. The van der Waals surface area contributed by atoms with E-state index >= 15 is 0 Å². The summed E-state index contributed by atoms with van der Waals surface area (Å²) < 4.78 is 0. The number of benzene rings is 1. The van der Waals surface area contributed by atoms with Crippen LogP contribution in [0.5, 0.6) is 0 Å². The Bertz CT molecular complexity index is 352. The summed E-state index contributed by atoms with van der Waals surface area (Å²) in [4.78, 5) is 2.61. The third kappa shape index (κ3) is 2.35. The molecule has 0 N–H and O–H groups in total. The Labute approximate surface area is 102 Å². The van der Waals surface area contributed by atoms with Crippen LogP contribution in [-0.2, 0) is 5.88 Å². The SMILES string of the molecule is ClCc1ccc(N(CC2CC2)C2CC2)cc1. The van der Waals surface area contributed by atoms with Crippen LogP contribution in [-0.4, -0.2) is 12.6 Å². The zero-order valence-electron chi connectivity index (χ0n) is 9.53. The molecule has 0 atom stereocenters. The van der Waals surface area contributed by atoms with Gasteiger partial charge in [0.25, 0.3) is 0 Å². The van der Waals surface area contributed by atoms with Crippen LogP contribution in [0.2, 0.25) is 0 Å². The molecule has 2 aliphatic carbocycles. The standard InChI is InChI=1S/C14H18ClN/c15-9-11-3-5-13(6-4-11)16(14-7-8-14)10-12-1-2-12/h3-6,12,14H,1-2,7-10H2. The molecule has 0 saturated heterocycles. The summed E-state index contributed by atoms with van der Waals surface area (Å²) in [5, 5.41) is 0. The normalized spacial score (nSPS) is 19.8. The fraction of sp³-hybridized carbons (Fsp3) is 0.571. The van der Waals surface area contributed by atoms with Crippen LogP contribution >= 0.6 is 11.6 Å². The summed E-state index contributed by atoms with van der Waals surface area (Å²) >= 11 is 5.81. The molecule has 1 aromatic rings. The molecule has 86 valence electrons. The van der Waals surface area contributed by atoms with Gasteiger partial charge in [-0.25, -0.2) is 0 Å². The molecule has 16 heavy (non-hydrogen) atoms. The second kappa shape index (κ2) is 4.29. The number of anilines is 1. The van der Waals surface area contributed by atoms with Crippen molar-refractivity contribution in [1.82, 2.24) is 0 Å². The first-order valence-electron chi connectivity index (χ1n) is 6.28. The fourth-order valence-electron chi connectivity index (χ4n) is 2.21. The number of rotatable bonds is 5. The highest BCUT2D eigenvalue weighted by atomic mass is 35.5. The van der Waals surface area contributed by atoms with Gasteiger partial charge in [0.05, 0.1) is 0 Å². The molecule has 0 bridgehead atoms. The smallest absolute Gasteiger partial charge is 0.0474 e. The molecule has 1 aromatic carbocycles. The summed E-state index contributed by atoms with van der Waals surface area (Å²) in [6.45, 7) is 1.27. The van der Waals surface area contributed by atoms with Gasteiger partial charge in [-0.2, -0.15) is 0 Å². The molecular formula is C14H18ClN. The van der Waals surface area contributed by atoms with Gasteiger partial charge in [0.2, 0.25) is 0 Å². The molecule has 2 aliphatic rings. The van der Waals surface area contributed by atoms with Crippen molar-refractivity contribution in [2.45, 2.75) is 37.6 Å². The summed E-state index contributed by atoms with van der Waals surface area (Å²) in [6.07, 6.45) is 5.62.